The number of piperidine rings is 1. The second kappa shape index (κ2) is 11.0. The molecule has 1 N–H and O–H groups in total. The van der Waals surface area contributed by atoms with Crippen molar-refractivity contribution in [2.75, 3.05) is 46.9 Å². The number of amides is 1. The van der Waals surface area contributed by atoms with Gasteiger partial charge in [-0.25, -0.2) is 0 Å². The van der Waals surface area contributed by atoms with Crippen LogP contribution in [0.4, 0.5) is 0 Å². The average Bonchev–Trinajstić information content (AvgIpc) is 3.22. The van der Waals surface area contributed by atoms with Crippen LogP contribution in [0.3, 0.4) is 0 Å². The minimum atomic E-state index is 0.00102. The van der Waals surface area contributed by atoms with Gasteiger partial charge in [-0.3, -0.25) is 9.69 Å². The van der Waals surface area contributed by atoms with Gasteiger partial charge in [0.2, 0.25) is 5.91 Å². The van der Waals surface area contributed by atoms with Gasteiger partial charge in [0.25, 0.3) is 0 Å². The molecule has 2 aliphatic rings. The van der Waals surface area contributed by atoms with E-state index in [1.165, 1.54) is 49.0 Å². The second-order valence-corrected chi connectivity index (χ2v) is 9.41. The molecule has 0 saturated carbocycles. The van der Waals surface area contributed by atoms with E-state index in [0.29, 0.717) is 6.54 Å². The van der Waals surface area contributed by atoms with Crippen molar-refractivity contribution >= 4 is 5.91 Å². The maximum absolute atomic E-state index is 13.1. The molecule has 2 fully saturated rings. The molecule has 172 valence electrons. The molecule has 0 radical (unpaired) electrons. The third kappa shape index (κ3) is 5.90. The van der Waals surface area contributed by atoms with E-state index in [1.807, 2.05) is 12.1 Å². The van der Waals surface area contributed by atoms with E-state index in [0.717, 1.165) is 31.8 Å². The largest absolute Gasteiger partial charge is 0.497 e. The zero-order valence-electron chi connectivity index (χ0n) is 19.6. The Balaban J connectivity index is 1.35. The molecule has 2 heterocycles. The van der Waals surface area contributed by atoms with Crippen molar-refractivity contribution in [2.45, 2.75) is 38.1 Å². The van der Waals surface area contributed by atoms with Crippen LogP contribution in [-0.2, 0) is 17.8 Å². The minimum Gasteiger partial charge on any atom is -0.497 e. The van der Waals surface area contributed by atoms with Crippen LogP contribution in [-0.4, -0.2) is 62.6 Å². The Hall–Kier alpha value is -2.37. The van der Waals surface area contributed by atoms with Crippen LogP contribution in [0.1, 0.15) is 41.9 Å². The Bertz CT molecular complexity index is 877. The van der Waals surface area contributed by atoms with E-state index in [4.69, 9.17) is 4.74 Å². The highest BCUT2D eigenvalue weighted by molar-refractivity contribution is 5.80. The Kier molecular flexibility index (Phi) is 7.82. The maximum atomic E-state index is 13.1. The predicted octanol–water partition coefficient (Wildman–Crippen LogP) is 3.69. The number of nitrogens with one attached hydrogen (secondary N) is 1. The molecule has 0 spiro atoms. The molecule has 1 amide bonds. The van der Waals surface area contributed by atoms with E-state index in [2.05, 4.69) is 58.6 Å². The average molecular weight is 436 g/mol. The summed E-state index contributed by atoms with van der Waals surface area (Å²) in [7, 11) is 3.79. The topological polar surface area (TPSA) is 44.8 Å². The van der Waals surface area contributed by atoms with E-state index in [9.17, 15) is 4.79 Å². The smallest absolute Gasteiger partial charge is 0.225 e. The van der Waals surface area contributed by atoms with Crippen molar-refractivity contribution in [3.8, 4) is 5.75 Å². The maximum Gasteiger partial charge on any atom is 0.225 e. The summed E-state index contributed by atoms with van der Waals surface area (Å²) in [6.45, 7) is 5.84. The molecule has 2 atom stereocenters. The molecule has 4 rings (SSSR count). The summed E-state index contributed by atoms with van der Waals surface area (Å²) in [6.07, 6.45) is 4.81. The first-order valence-electron chi connectivity index (χ1n) is 12.0. The molecule has 0 aromatic heterocycles. The van der Waals surface area contributed by atoms with Crippen LogP contribution in [0.25, 0.3) is 0 Å². The van der Waals surface area contributed by atoms with Crippen molar-refractivity contribution in [1.82, 2.24) is 15.1 Å². The number of rotatable bonds is 8. The standard InChI is InChI=1S/C27H37N3O2/c1-29-19-25(23-8-6-7-22(17-23)18-30-15-4-3-5-16-30)26(20-29)27(31)28-14-13-21-9-11-24(32-2)12-10-21/h6-12,17,25-26H,3-5,13-16,18-20H2,1-2H3,(H,28,31)/t25-,26+/m0/s1. The Morgan fingerprint density at radius 2 is 1.81 bits per heavy atom. The van der Waals surface area contributed by atoms with Gasteiger partial charge in [-0.05, 0) is 68.2 Å². The summed E-state index contributed by atoms with van der Waals surface area (Å²) in [6, 6.07) is 17.0. The number of ether oxygens (including phenoxy) is 1. The van der Waals surface area contributed by atoms with Gasteiger partial charge in [0, 0.05) is 32.1 Å². The van der Waals surface area contributed by atoms with Crippen molar-refractivity contribution < 1.29 is 9.53 Å². The third-order valence-electron chi connectivity index (χ3n) is 6.95. The van der Waals surface area contributed by atoms with E-state index in [1.54, 1.807) is 7.11 Å². The molecule has 2 aliphatic heterocycles. The van der Waals surface area contributed by atoms with Crippen molar-refractivity contribution in [3.63, 3.8) is 0 Å². The van der Waals surface area contributed by atoms with Crippen LogP contribution in [0, 0.1) is 5.92 Å². The Morgan fingerprint density at radius 3 is 2.56 bits per heavy atom. The summed E-state index contributed by atoms with van der Waals surface area (Å²) in [5, 5.41) is 3.20. The monoisotopic (exact) mass is 435 g/mol. The number of hydrogen-bond acceptors (Lipinski definition) is 4. The molecule has 2 saturated heterocycles. The molecule has 2 aromatic carbocycles. The van der Waals surface area contributed by atoms with E-state index < -0.39 is 0 Å². The highest BCUT2D eigenvalue weighted by atomic mass is 16.5. The van der Waals surface area contributed by atoms with Gasteiger partial charge in [0.05, 0.1) is 13.0 Å². The normalized spacial score (nSPS) is 22.1. The first-order chi connectivity index (χ1) is 15.6. The number of likely N-dealkylation sites (tertiary alicyclic amines) is 2. The molecule has 5 nitrogen and oxygen atoms in total. The lowest BCUT2D eigenvalue weighted by atomic mass is 9.87. The fraction of sp³-hybridized carbons (Fsp3) is 0.519. The summed E-state index contributed by atoms with van der Waals surface area (Å²) in [4.78, 5) is 18.0. The van der Waals surface area contributed by atoms with Crippen LogP contribution in [0.15, 0.2) is 48.5 Å². The summed E-state index contributed by atoms with van der Waals surface area (Å²) >= 11 is 0. The summed E-state index contributed by atoms with van der Waals surface area (Å²) in [5.41, 5.74) is 3.88. The molecule has 2 aromatic rings. The highest BCUT2D eigenvalue weighted by Gasteiger charge is 2.36. The van der Waals surface area contributed by atoms with Gasteiger partial charge in [-0.1, -0.05) is 42.8 Å². The molecule has 0 aliphatic carbocycles. The number of nitrogens with zero attached hydrogens (tertiary/aromatic N) is 2. The number of methoxy groups -OCH3 is 1. The molecular formula is C27H37N3O2. The fourth-order valence-corrected chi connectivity index (χ4v) is 5.16. The number of benzene rings is 2. The van der Waals surface area contributed by atoms with Crippen LogP contribution in [0.5, 0.6) is 5.75 Å². The van der Waals surface area contributed by atoms with Crippen molar-refractivity contribution in [1.29, 1.82) is 0 Å². The fourth-order valence-electron chi connectivity index (χ4n) is 5.16. The summed E-state index contributed by atoms with van der Waals surface area (Å²) in [5.74, 6) is 1.29. The lowest BCUT2D eigenvalue weighted by Gasteiger charge is -2.27. The van der Waals surface area contributed by atoms with Gasteiger partial charge in [-0.15, -0.1) is 0 Å². The predicted molar refractivity (Wildman–Crippen MR) is 129 cm³/mol. The highest BCUT2D eigenvalue weighted by Crippen LogP contribution is 2.33. The minimum absolute atomic E-state index is 0.00102. The van der Waals surface area contributed by atoms with Gasteiger partial charge < -0.3 is 15.0 Å². The number of likely N-dealkylation sites (N-methyl/N-ethyl adjacent to an activating group) is 1. The van der Waals surface area contributed by atoms with Crippen LogP contribution < -0.4 is 10.1 Å². The lowest BCUT2D eigenvalue weighted by molar-refractivity contribution is -0.124. The molecule has 5 heteroatoms. The van der Waals surface area contributed by atoms with Crippen LogP contribution >= 0.6 is 0 Å². The Morgan fingerprint density at radius 1 is 1.03 bits per heavy atom. The second-order valence-electron chi connectivity index (χ2n) is 9.41. The van der Waals surface area contributed by atoms with Gasteiger partial charge in [-0.2, -0.15) is 0 Å². The zero-order chi connectivity index (χ0) is 22.3. The van der Waals surface area contributed by atoms with Crippen molar-refractivity contribution in [2.24, 2.45) is 5.92 Å². The lowest BCUT2D eigenvalue weighted by Crippen LogP contribution is -2.35. The number of carbonyl (C=O) groups is 1. The molecule has 0 unspecified atom stereocenters. The summed E-state index contributed by atoms with van der Waals surface area (Å²) < 4.78 is 5.22. The van der Waals surface area contributed by atoms with Crippen molar-refractivity contribution in [3.05, 3.63) is 65.2 Å². The van der Waals surface area contributed by atoms with E-state index in [-0.39, 0.29) is 17.7 Å². The molecule has 0 bridgehead atoms. The van der Waals surface area contributed by atoms with Gasteiger partial charge in [0.1, 0.15) is 5.75 Å². The van der Waals surface area contributed by atoms with Crippen LogP contribution in [0.2, 0.25) is 0 Å². The van der Waals surface area contributed by atoms with Gasteiger partial charge in [0.15, 0.2) is 0 Å². The molecule has 32 heavy (non-hydrogen) atoms. The third-order valence-corrected chi connectivity index (χ3v) is 6.95. The first kappa shape index (κ1) is 22.8. The van der Waals surface area contributed by atoms with E-state index >= 15 is 0 Å². The first-order valence-corrected chi connectivity index (χ1v) is 12.0. The number of hydrogen-bond donors (Lipinski definition) is 1. The quantitative estimate of drug-likeness (QED) is 0.687. The zero-order valence-corrected chi connectivity index (χ0v) is 19.6. The van der Waals surface area contributed by atoms with Gasteiger partial charge >= 0.3 is 0 Å². The Labute approximate surface area is 192 Å². The molecular weight excluding hydrogens is 398 g/mol. The number of carbonyl (C=O) groups excluding carboxylic acids is 1. The SMILES string of the molecule is COc1ccc(CCNC(=O)[C@@H]2CN(C)C[C@H]2c2cccc(CN3CCCCC3)c2)cc1.